The molecule has 0 unspecified atom stereocenters. The summed E-state index contributed by atoms with van der Waals surface area (Å²) in [6, 6.07) is 81.2. The molecule has 12 aromatic rings. The zero-order valence-corrected chi connectivity index (χ0v) is 51.4. The fraction of sp³-hybridized carbons (Fsp3) is 0.210. The maximum Gasteiger partial charge on any atom is 0.165 e. The van der Waals surface area contributed by atoms with E-state index in [2.05, 4.69) is 97.9 Å². The van der Waals surface area contributed by atoms with Crippen molar-refractivity contribution in [2.45, 2.75) is 97.7 Å². The van der Waals surface area contributed by atoms with Crippen molar-refractivity contribution in [3.8, 4) is 46.0 Å². The van der Waals surface area contributed by atoms with Crippen molar-refractivity contribution in [1.82, 2.24) is 0 Å². The fourth-order valence-electron chi connectivity index (χ4n) is 11.7. The van der Waals surface area contributed by atoms with Crippen LogP contribution in [-0.4, -0.2) is 45.8 Å². The van der Waals surface area contributed by atoms with Crippen LogP contribution in [0.25, 0.3) is 43.1 Å². The summed E-state index contributed by atoms with van der Waals surface area (Å²) >= 11 is 0. The monoisotopic (exact) mass is 1180 g/mol. The predicted molar refractivity (Wildman–Crippen MR) is 365 cm³/mol. The predicted octanol–water partition coefficient (Wildman–Crippen LogP) is 19.8. The van der Waals surface area contributed by atoms with E-state index in [9.17, 15) is 20.4 Å². The van der Waals surface area contributed by atoms with Gasteiger partial charge in [-0.3, -0.25) is 0 Å². The Kier molecular flexibility index (Phi) is 21.4. The third kappa shape index (κ3) is 16.0. The van der Waals surface area contributed by atoms with Gasteiger partial charge in [-0.25, -0.2) is 0 Å². The Bertz CT molecular complexity index is 4220. The zero-order valence-electron chi connectivity index (χ0n) is 51.4. The van der Waals surface area contributed by atoms with Gasteiger partial charge in [-0.05, 0) is 169 Å². The standard InChI is InChI=1S/C22H22O2.2C20H20O2.C19H18O2/c23-22-20(24-19-11-4-5-12-19)14-13-17-9-6-10-18(21(17)22)15-16-7-2-1-3-8-16;1-14(2)22-18-12-11-16-9-6-10-17(19(16)20(18)21)13-15-7-4-3-5-8-15;1-2-13-22-18-12-11-16-9-6-10-17(19(16)20(18)21)14-15-7-4-3-5-8-15;1-2-21-17-12-11-15-9-6-10-16(18(15)19(17)20)13-14-7-4-3-5-8-14/h1-3,6-10,13-14,19,23H,4-5,11-12,15H2;3-12,14,21H,13H2,1-2H3;3-12,21H,2,13-14H2,1H3;3-12,20H,2,13H2,1H3. The SMILES string of the molecule is CC(C)Oc1ccc2cccc(Cc3ccccc3)c2c1O.CCCOc1ccc2cccc(Cc3ccccc3)c2c1O.CCOc1ccc2cccc(Cc3ccccc3)c2c1O.Oc1c(OC2CCCC2)ccc2cccc(Cc3ccccc3)c12. The quantitative estimate of drug-likeness (QED) is 0.0712. The van der Waals surface area contributed by atoms with Gasteiger partial charge in [0, 0.05) is 21.5 Å². The molecule has 0 bridgehead atoms. The average Bonchev–Trinajstić information content (AvgIpc) is 1.25. The molecule has 1 fully saturated rings. The van der Waals surface area contributed by atoms with Gasteiger partial charge >= 0.3 is 0 Å². The van der Waals surface area contributed by atoms with Gasteiger partial charge in [0.15, 0.2) is 46.0 Å². The summed E-state index contributed by atoms with van der Waals surface area (Å²) in [7, 11) is 0. The number of fused-ring (bicyclic) bond motifs is 4. The number of phenolic OH excluding ortho intramolecular Hbond substituents is 4. The molecule has 0 atom stereocenters. The topological polar surface area (TPSA) is 118 Å². The first-order chi connectivity index (χ1) is 43.5. The molecule has 0 spiro atoms. The number of benzene rings is 12. The molecule has 8 nitrogen and oxygen atoms in total. The number of ether oxygens (including phenoxy) is 4. The van der Waals surface area contributed by atoms with Crippen LogP contribution in [0.4, 0.5) is 0 Å². The Hall–Kier alpha value is -9.92. The van der Waals surface area contributed by atoms with Crippen LogP contribution < -0.4 is 18.9 Å². The van der Waals surface area contributed by atoms with Crippen molar-refractivity contribution >= 4 is 43.1 Å². The summed E-state index contributed by atoms with van der Waals surface area (Å²) in [6.45, 7) is 9.04. The summed E-state index contributed by atoms with van der Waals surface area (Å²) in [4.78, 5) is 0. The van der Waals surface area contributed by atoms with E-state index in [1.165, 1.54) is 35.1 Å². The van der Waals surface area contributed by atoms with Gasteiger partial charge < -0.3 is 39.4 Å². The first kappa shape index (κ1) is 62.1. The highest BCUT2D eigenvalue weighted by Gasteiger charge is 2.21. The number of hydrogen-bond donors (Lipinski definition) is 4. The molecular weight excluding hydrogens is 1100 g/mol. The van der Waals surface area contributed by atoms with Crippen LogP contribution in [0, 0.1) is 0 Å². The van der Waals surface area contributed by atoms with E-state index in [4.69, 9.17) is 18.9 Å². The Morgan fingerprint density at radius 1 is 0.348 bits per heavy atom. The van der Waals surface area contributed by atoms with Crippen LogP contribution in [0.1, 0.15) is 104 Å². The van der Waals surface area contributed by atoms with Gasteiger partial charge in [0.2, 0.25) is 0 Å². The molecule has 13 rings (SSSR count). The van der Waals surface area contributed by atoms with Gasteiger partial charge in [-0.15, -0.1) is 0 Å². The second-order valence-electron chi connectivity index (χ2n) is 22.8. The highest BCUT2D eigenvalue weighted by atomic mass is 16.5. The van der Waals surface area contributed by atoms with E-state index in [0.717, 1.165) is 110 Å². The second-order valence-corrected chi connectivity index (χ2v) is 22.8. The number of phenols is 4. The lowest BCUT2D eigenvalue weighted by Gasteiger charge is -2.17. The molecule has 0 aromatic heterocycles. The van der Waals surface area contributed by atoms with Crippen molar-refractivity contribution < 1.29 is 39.4 Å². The summed E-state index contributed by atoms with van der Waals surface area (Å²) in [5.74, 6) is 3.28. The summed E-state index contributed by atoms with van der Waals surface area (Å²) in [5, 5.41) is 50.3. The van der Waals surface area contributed by atoms with Crippen molar-refractivity contribution in [3.63, 3.8) is 0 Å². The molecule has 0 aliphatic heterocycles. The van der Waals surface area contributed by atoms with E-state index >= 15 is 0 Å². The molecule has 12 aromatic carbocycles. The van der Waals surface area contributed by atoms with E-state index < -0.39 is 0 Å². The third-order valence-electron chi connectivity index (χ3n) is 15.9. The van der Waals surface area contributed by atoms with Crippen molar-refractivity contribution in [2.24, 2.45) is 0 Å². The molecule has 0 heterocycles. The van der Waals surface area contributed by atoms with Gasteiger partial charge in [-0.2, -0.15) is 0 Å². The smallest absolute Gasteiger partial charge is 0.165 e. The van der Waals surface area contributed by atoms with Gasteiger partial charge in [0.25, 0.3) is 0 Å². The molecule has 1 aliphatic carbocycles. The number of rotatable bonds is 17. The molecule has 0 amide bonds. The Morgan fingerprint density at radius 2 is 0.663 bits per heavy atom. The van der Waals surface area contributed by atoms with Crippen LogP contribution in [0.5, 0.6) is 46.0 Å². The van der Waals surface area contributed by atoms with E-state index in [0.29, 0.717) is 36.2 Å². The lowest BCUT2D eigenvalue weighted by molar-refractivity contribution is 0.202. The lowest BCUT2D eigenvalue weighted by atomic mass is 9.97. The normalized spacial score (nSPS) is 12.0. The molecule has 452 valence electrons. The van der Waals surface area contributed by atoms with Crippen LogP contribution in [-0.2, 0) is 25.7 Å². The molecule has 1 saturated carbocycles. The summed E-state index contributed by atoms with van der Waals surface area (Å²) in [5.41, 5.74) is 9.39. The Labute approximate surface area is 523 Å². The van der Waals surface area contributed by atoms with Crippen LogP contribution in [0.15, 0.2) is 243 Å². The van der Waals surface area contributed by atoms with Crippen molar-refractivity contribution in [1.29, 1.82) is 0 Å². The van der Waals surface area contributed by atoms with Crippen LogP contribution in [0.3, 0.4) is 0 Å². The minimum atomic E-state index is 0.0321. The second kappa shape index (κ2) is 30.6. The minimum absolute atomic E-state index is 0.0321. The van der Waals surface area contributed by atoms with Crippen molar-refractivity contribution in [2.75, 3.05) is 13.2 Å². The fourth-order valence-corrected chi connectivity index (χ4v) is 11.7. The molecule has 1 aliphatic rings. The molecule has 0 saturated heterocycles. The van der Waals surface area contributed by atoms with E-state index in [1.807, 2.05) is 172 Å². The highest BCUT2D eigenvalue weighted by molar-refractivity contribution is 5.96. The third-order valence-corrected chi connectivity index (χ3v) is 15.9. The van der Waals surface area contributed by atoms with Crippen LogP contribution >= 0.6 is 0 Å². The minimum Gasteiger partial charge on any atom is -0.504 e. The Balaban J connectivity index is 0.000000131. The zero-order chi connectivity index (χ0) is 61.9. The number of aromatic hydroxyl groups is 4. The maximum absolute atomic E-state index is 10.8. The van der Waals surface area contributed by atoms with E-state index in [1.54, 1.807) is 0 Å². The van der Waals surface area contributed by atoms with Gasteiger partial charge in [0.05, 0.1) is 25.4 Å². The summed E-state index contributed by atoms with van der Waals surface area (Å²) < 4.78 is 22.9. The Morgan fingerprint density at radius 3 is 1.00 bits per heavy atom. The molecule has 0 radical (unpaired) electrons. The highest BCUT2D eigenvalue weighted by Crippen LogP contribution is 2.42. The largest absolute Gasteiger partial charge is 0.504 e. The average molecular weight is 1180 g/mol. The molecular formula is C81H80O8. The van der Waals surface area contributed by atoms with E-state index in [-0.39, 0.29) is 35.2 Å². The molecule has 8 heteroatoms. The molecule has 4 N–H and O–H groups in total. The lowest BCUT2D eigenvalue weighted by Crippen LogP contribution is -2.11. The summed E-state index contributed by atoms with van der Waals surface area (Å²) in [6.07, 6.45) is 8.99. The first-order valence-electron chi connectivity index (χ1n) is 31.2. The van der Waals surface area contributed by atoms with Gasteiger partial charge in [-0.1, -0.05) is 225 Å². The number of hydrogen-bond acceptors (Lipinski definition) is 8. The molecule has 89 heavy (non-hydrogen) atoms. The van der Waals surface area contributed by atoms with Gasteiger partial charge in [0.1, 0.15) is 0 Å². The first-order valence-corrected chi connectivity index (χ1v) is 31.2. The van der Waals surface area contributed by atoms with Crippen molar-refractivity contribution in [3.05, 3.63) is 287 Å². The maximum atomic E-state index is 10.8. The van der Waals surface area contributed by atoms with Crippen LogP contribution in [0.2, 0.25) is 0 Å².